The minimum Gasteiger partial charge on any atom is -0.312 e. The maximum absolute atomic E-state index is 12.1. The Morgan fingerprint density at radius 2 is 1.80 bits per heavy atom. The molecule has 0 spiro atoms. The summed E-state index contributed by atoms with van der Waals surface area (Å²) in [5.74, 6) is 0.641. The first-order valence-corrected chi connectivity index (χ1v) is 7.92. The SMILES string of the molecule is O=C1CC(CBr)CN1c1cccc(-c2ccccc2)c1. The zero-order valence-electron chi connectivity index (χ0n) is 11.1. The summed E-state index contributed by atoms with van der Waals surface area (Å²) >= 11 is 3.48. The molecule has 0 radical (unpaired) electrons. The lowest BCUT2D eigenvalue weighted by Crippen LogP contribution is -2.24. The molecule has 0 N–H and O–H groups in total. The third-order valence-corrected chi connectivity index (χ3v) is 4.60. The van der Waals surface area contributed by atoms with Gasteiger partial charge in [-0.2, -0.15) is 0 Å². The molecule has 102 valence electrons. The fourth-order valence-electron chi connectivity index (χ4n) is 2.62. The second kappa shape index (κ2) is 5.80. The van der Waals surface area contributed by atoms with Crippen molar-refractivity contribution >= 4 is 27.5 Å². The van der Waals surface area contributed by atoms with Gasteiger partial charge in [-0.05, 0) is 29.2 Å². The molecule has 2 aromatic rings. The number of nitrogens with zero attached hydrogens (tertiary/aromatic N) is 1. The van der Waals surface area contributed by atoms with E-state index >= 15 is 0 Å². The van der Waals surface area contributed by atoms with Gasteiger partial charge < -0.3 is 4.90 Å². The number of halogens is 1. The molecule has 1 saturated heterocycles. The monoisotopic (exact) mass is 329 g/mol. The van der Waals surface area contributed by atoms with Crippen LogP contribution < -0.4 is 4.90 Å². The highest BCUT2D eigenvalue weighted by atomic mass is 79.9. The molecule has 1 aliphatic rings. The fourth-order valence-corrected chi connectivity index (χ4v) is 3.05. The quantitative estimate of drug-likeness (QED) is 0.776. The van der Waals surface area contributed by atoms with Crippen molar-refractivity contribution in [3.05, 3.63) is 54.6 Å². The van der Waals surface area contributed by atoms with Gasteiger partial charge in [-0.3, -0.25) is 4.79 Å². The molecule has 1 unspecified atom stereocenters. The van der Waals surface area contributed by atoms with Crippen LogP contribution in [0, 0.1) is 5.92 Å². The van der Waals surface area contributed by atoms with Crippen molar-refractivity contribution in [2.24, 2.45) is 5.92 Å². The smallest absolute Gasteiger partial charge is 0.227 e. The maximum Gasteiger partial charge on any atom is 0.227 e. The van der Waals surface area contributed by atoms with Crippen LogP contribution in [0.25, 0.3) is 11.1 Å². The highest BCUT2D eigenvalue weighted by Gasteiger charge is 2.29. The van der Waals surface area contributed by atoms with E-state index in [1.54, 1.807) is 0 Å². The minimum atomic E-state index is 0.222. The maximum atomic E-state index is 12.1. The van der Waals surface area contributed by atoms with E-state index in [1.165, 1.54) is 5.56 Å². The van der Waals surface area contributed by atoms with Crippen LogP contribution in [0.1, 0.15) is 6.42 Å². The van der Waals surface area contributed by atoms with Crippen LogP contribution in [0.2, 0.25) is 0 Å². The van der Waals surface area contributed by atoms with Gasteiger partial charge in [0.25, 0.3) is 0 Å². The molecule has 1 atom stereocenters. The summed E-state index contributed by atoms with van der Waals surface area (Å²) in [6.45, 7) is 0.808. The summed E-state index contributed by atoms with van der Waals surface area (Å²) in [5, 5.41) is 0.883. The van der Waals surface area contributed by atoms with Crippen molar-refractivity contribution in [1.29, 1.82) is 0 Å². The van der Waals surface area contributed by atoms with E-state index in [0.717, 1.165) is 23.1 Å². The lowest BCUT2D eigenvalue weighted by atomic mass is 10.1. The molecule has 1 heterocycles. The lowest BCUT2D eigenvalue weighted by molar-refractivity contribution is -0.117. The normalized spacial score (nSPS) is 18.6. The number of hydrogen-bond acceptors (Lipinski definition) is 1. The molecular formula is C17H16BrNO. The average molecular weight is 330 g/mol. The third-order valence-electron chi connectivity index (χ3n) is 3.69. The highest BCUT2D eigenvalue weighted by Crippen LogP contribution is 2.29. The van der Waals surface area contributed by atoms with Gasteiger partial charge in [0.2, 0.25) is 5.91 Å². The van der Waals surface area contributed by atoms with Crippen LogP contribution in [0.15, 0.2) is 54.6 Å². The molecule has 2 aromatic carbocycles. The van der Waals surface area contributed by atoms with Crippen LogP contribution in [-0.4, -0.2) is 17.8 Å². The Morgan fingerprint density at radius 3 is 2.50 bits per heavy atom. The van der Waals surface area contributed by atoms with Crippen molar-refractivity contribution in [2.45, 2.75) is 6.42 Å². The number of anilines is 1. The molecule has 1 fully saturated rings. The Hall–Kier alpha value is -1.61. The van der Waals surface area contributed by atoms with Gasteiger partial charge in [0.15, 0.2) is 0 Å². The number of amides is 1. The summed E-state index contributed by atoms with van der Waals surface area (Å²) in [6, 6.07) is 18.5. The molecule has 1 amide bonds. The van der Waals surface area contributed by atoms with E-state index in [2.05, 4.69) is 40.2 Å². The van der Waals surface area contributed by atoms with Gasteiger partial charge in [-0.25, -0.2) is 0 Å². The summed E-state index contributed by atoms with van der Waals surface area (Å²) < 4.78 is 0. The molecule has 0 bridgehead atoms. The predicted octanol–water partition coefficient (Wildman–Crippen LogP) is 4.10. The Kier molecular flexibility index (Phi) is 3.88. The van der Waals surface area contributed by atoms with Gasteiger partial charge in [0.1, 0.15) is 0 Å². The number of alkyl halides is 1. The second-order valence-corrected chi connectivity index (χ2v) is 5.79. The van der Waals surface area contributed by atoms with Gasteiger partial charge >= 0.3 is 0 Å². The van der Waals surface area contributed by atoms with Gasteiger partial charge in [0, 0.05) is 24.0 Å². The van der Waals surface area contributed by atoms with Crippen LogP contribution >= 0.6 is 15.9 Å². The molecule has 0 saturated carbocycles. The standard InChI is InChI=1S/C17H16BrNO/c18-11-13-9-17(20)19(12-13)16-8-4-7-15(10-16)14-5-2-1-3-6-14/h1-8,10,13H,9,11-12H2. The number of carbonyl (C=O) groups excluding carboxylic acids is 1. The van der Waals surface area contributed by atoms with Crippen LogP contribution in [-0.2, 0) is 4.79 Å². The summed E-state index contributed by atoms with van der Waals surface area (Å²) in [6.07, 6.45) is 0.640. The molecule has 0 aromatic heterocycles. The molecule has 2 nitrogen and oxygen atoms in total. The highest BCUT2D eigenvalue weighted by molar-refractivity contribution is 9.09. The van der Waals surface area contributed by atoms with Crippen molar-refractivity contribution in [2.75, 3.05) is 16.8 Å². The number of rotatable bonds is 3. The molecule has 1 aliphatic heterocycles. The zero-order valence-corrected chi connectivity index (χ0v) is 12.7. The Balaban J connectivity index is 1.91. The van der Waals surface area contributed by atoms with Crippen LogP contribution in [0.4, 0.5) is 5.69 Å². The lowest BCUT2D eigenvalue weighted by Gasteiger charge is -2.17. The number of benzene rings is 2. The predicted molar refractivity (Wildman–Crippen MR) is 86.1 cm³/mol. The topological polar surface area (TPSA) is 20.3 Å². The van der Waals surface area contributed by atoms with Gasteiger partial charge in [-0.15, -0.1) is 0 Å². The van der Waals surface area contributed by atoms with E-state index in [4.69, 9.17) is 0 Å². The first kappa shape index (κ1) is 13.4. The van der Waals surface area contributed by atoms with E-state index < -0.39 is 0 Å². The minimum absolute atomic E-state index is 0.222. The second-order valence-electron chi connectivity index (χ2n) is 5.15. The number of carbonyl (C=O) groups is 1. The van der Waals surface area contributed by atoms with Crippen LogP contribution in [0.3, 0.4) is 0 Å². The molecule has 3 heteroatoms. The molecule has 3 rings (SSSR count). The van der Waals surface area contributed by atoms with E-state index in [-0.39, 0.29) is 5.91 Å². The molecule has 20 heavy (non-hydrogen) atoms. The van der Waals surface area contributed by atoms with Gasteiger partial charge in [-0.1, -0.05) is 58.4 Å². The number of hydrogen-bond donors (Lipinski definition) is 0. The fraction of sp³-hybridized carbons (Fsp3) is 0.235. The summed E-state index contributed by atoms with van der Waals surface area (Å²) in [7, 11) is 0. The van der Waals surface area contributed by atoms with Gasteiger partial charge in [0.05, 0.1) is 0 Å². The molecular weight excluding hydrogens is 314 g/mol. The van der Waals surface area contributed by atoms with Crippen molar-refractivity contribution in [3.8, 4) is 11.1 Å². The summed E-state index contributed by atoms with van der Waals surface area (Å²) in [5.41, 5.74) is 3.33. The largest absolute Gasteiger partial charge is 0.312 e. The Morgan fingerprint density at radius 1 is 1.05 bits per heavy atom. The van der Waals surface area contributed by atoms with Crippen molar-refractivity contribution in [1.82, 2.24) is 0 Å². The van der Waals surface area contributed by atoms with Crippen molar-refractivity contribution < 1.29 is 4.79 Å². The van der Waals surface area contributed by atoms with Crippen molar-refractivity contribution in [3.63, 3.8) is 0 Å². The van der Waals surface area contributed by atoms with E-state index in [0.29, 0.717) is 12.3 Å². The first-order valence-electron chi connectivity index (χ1n) is 6.80. The van der Waals surface area contributed by atoms with E-state index in [1.807, 2.05) is 35.2 Å². The van der Waals surface area contributed by atoms with E-state index in [9.17, 15) is 4.79 Å². The first-order chi connectivity index (χ1) is 9.78. The zero-order chi connectivity index (χ0) is 13.9. The Bertz CT molecular complexity index is 611. The summed E-state index contributed by atoms with van der Waals surface area (Å²) in [4.78, 5) is 14.0. The average Bonchev–Trinajstić information content (AvgIpc) is 2.89. The van der Waals surface area contributed by atoms with Crippen LogP contribution in [0.5, 0.6) is 0 Å². The molecule has 0 aliphatic carbocycles. The Labute approximate surface area is 127 Å². The third kappa shape index (κ3) is 2.63.